The molecule has 0 aliphatic rings. The van der Waals surface area contributed by atoms with Crippen molar-refractivity contribution in [3.8, 4) is 0 Å². The summed E-state index contributed by atoms with van der Waals surface area (Å²) in [5.74, 6) is 0.775. The number of rotatable bonds is 4. The molecule has 0 aliphatic heterocycles. The van der Waals surface area contributed by atoms with E-state index in [1.54, 1.807) is 0 Å². The van der Waals surface area contributed by atoms with Crippen LogP contribution in [0.5, 0.6) is 0 Å². The average Bonchev–Trinajstić information content (AvgIpc) is 1.89. The average molecular weight is 148 g/mol. The van der Waals surface area contributed by atoms with E-state index in [-0.39, 0.29) is 12.0 Å². The number of aliphatic hydroxyl groups is 1. The lowest BCUT2D eigenvalue weighted by atomic mass is 9.89. The van der Waals surface area contributed by atoms with Crippen molar-refractivity contribution in [1.82, 2.24) is 0 Å². The molecule has 9 heavy (non-hydrogen) atoms. The molecule has 0 bridgehead atoms. The highest BCUT2D eigenvalue weighted by Crippen LogP contribution is 2.23. The molecule has 0 radical (unpaired) electrons. The number of hydrogen-bond acceptors (Lipinski definition) is 2. The van der Waals surface area contributed by atoms with Crippen LogP contribution in [-0.2, 0) is 0 Å². The minimum absolute atomic E-state index is 0.0534. The van der Waals surface area contributed by atoms with Gasteiger partial charge in [-0.05, 0) is 17.6 Å². The van der Waals surface area contributed by atoms with Crippen LogP contribution in [0.3, 0.4) is 0 Å². The van der Waals surface area contributed by atoms with Crippen LogP contribution in [0.1, 0.15) is 26.7 Å². The SMILES string of the molecule is CCCC(C)(CO)CS. The molecule has 0 saturated heterocycles. The van der Waals surface area contributed by atoms with Crippen LogP contribution in [0.15, 0.2) is 0 Å². The molecule has 1 unspecified atom stereocenters. The highest BCUT2D eigenvalue weighted by atomic mass is 32.1. The number of aliphatic hydroxyl groups excluding tert-OH is 1. The smallest absolute Gasteiger partial charge is 0.0492 e. The van der Waals surface area contributed by atoms with Gasteiger partial charge in [-0.3, -0.25) is 0 Å². The summed E-state index contributed by atoms with van der Waals surface area (Å²) >= 11 is 4.16. The Morgan fingerprint density at radius 2 is 2.11 bits per heavy atom. The molecule has 0 aromatic heterocycles. The zero-order valence-corrected chi connectivity index (χ0v) is 7.12. The first-order valence-corrected chi connectivity index (χ1v) is 4.03. The van der Waals surface area contributed by atoms with E-state index < -0.39 is 0 Å². The first kappa shape index (κ1) is 9.31. The summed E-state index contributed by atoms with van der Waals surface area (Å²) < 4.78 is 0. The lowest BCUT2D eigenvalue weighted by molar-refractivity contribution is 0.154. The van der Waals surface area contributed by atoms with Gasteiger partial charge in [0.05, 0.1) is 0 Å². The fraction of sp³-hybridized carbons (Fsp3) is 1.00. The molecule has 1 atom stereocenters. The largest absolute Gasteiger partial charge is 0.396 e. The molecule has 0 saturated carbocycles. The molecule has 0 rings (SSSR count). The van der Waals surface area contributed by atoms with E-state index in [1.165, 1.54) is 0 Å². The van der Waals surface area contributed by atoms with E-state index in [0.717, 1.165) is 18.6 Å². The van der Waals surface area contributed by atoms with Gasteiger partial charge in [-0.1, -0.05) is 20.3 Å². The topological polar surface area (TPSA) is 20.2 Å². The van der Waals surface area contributed by atoms with Crippen molar-refractivity contribution in [3.05, 3.63) is 0 Å². The predicted molar refractivity (Wildman–Crippen MR) is 44.0 cm³/mol. The van der Waals surface area contributed by atoms with Gasteiger partial charge >= 0.3 is 0 Å². The molecule has 0 aromatic rings. The lowest BCUT2D eigenvalue weighted by Crippen LogP contribution is -2.22. The third-order valence-corrected chi connectivity index (χ3v) is 2.38. The van der Waals surface area contributed by atoms with Crippen LogP contribution in [0.25, 0.3) is 0 Å². The first-order valence-electron chi connectivity index (χ1n) is 3.40. The molecular weight excluding hydrogens is 132 g/mol. The van der Waals surface area contributed by atoms with Crippen LogP contribution < -0.4 is 0 Å². The van der Waals surface area contributed by atoms with Crippen LogP contribution in [0.4, 0.5) is 0 Å². The van der Waals surface area contributed by atoms with Gasteiger partial charge in [0, 0.05) is 6.61 Å². The van der Waals surface area contributed by atoms with Crippen molar-refractivity contribution < 1.29 is 5.11 Å². The summed E-state index contributed by atoms with van der Waals surface area (Å²) in [5, 5.41) is 8.87. The van der Waals surface area contributed by atoms with Gasteiger partial charge in [-0.2, -0.15) is 12.6 Å². The van der Waals surface area contributed by atoms with Gasteiger partial charge < -0.3 is 5.11 Å². The van der Waals surface area contributed by atoms with Crippen LogP contribution in [0, 0.1) is 5.41 Å². The molecule has 56 valence electrons. The minimum Gasteiger partial charge on any atom is -0.396 e. The van der Waals surface area contributed by atoms with Gasteiger partial charge in [-0.25, -0.2) is 0 Å². The van der Waals surface area contributed by atoms with Crippen molar-refractivity contribution in [2.75, 3.05) is 12.4 Å². The fourth-order valence-electron chi connectivity index (χ4n) is 0.812. The molecule has 0 heterocycles. The molecule has 1 nitrogen and oxygen atoms in total. The summed E-state index contributed by atoms with van der Waals surface area (Å²) in [6.45, 7) is 4.44. The Labute approximate surface area is 62.9 Å². The molecule has 0 aliphatic carbocycles. The van der Waals surface area contributed by atoms with Gasteiger partial charge in [0.15, 0.2) is 0 Å². The van der Waals surface area contributed by atoms with Gasteiger partial charge in [-0.15, -0.1) is 0 Å². The minimum atomic E-state index is 0.0534. The molecule has 1 N–H and O–H groups in total. The summed E-state index contributed by atoms with van der Waals surface area (Å²) in [7, 11) is 0. The predicted octanol–water partition coefficient (Wildman–Crippen LogP) is 1.71. The third kappa shape index (κ3) is 3.11. The Morgan fingerprint density at radius 1 is 1.56 bits per heavy atom. The highest BCUT2D eigenvalue weighted by molar-refractivity contribution is 7.80. The van der Waals surface area contributed by atoms with Gasteiger partial charge in [0.1, 0.15) is 0 Å². The maximum Gasteiger partial charge on any atom is 0.0492 e. The van der Waals surface area contributed by atoms with Crippen molar-refractivity contribution in [1.29, 1.82) is 0 Å². The molecule has 0 amide bonds. The van der Waals surface area contributed by atoms with E-state index in [2.05, 4.69) is 26.5 Å². The second kappa shape index (κ2) is 4.18. The zero-order chi connectivity index (χ0) is 7.33. The standard InChI is InChI=1S/C7H16OS/c1-3-4-7(2,5-8)6-9/h8-9H,3-6H2,1-2H3. The highest BCUT2D eigenvalue weighted by Gasteiger charge is 2.19. The number of hydrogen-bond donors (Lipinski definition) is 2. The van der Waals surface area contributed by atoms with Gasteiger partial charge in [0.25, 0.3) is 0 Å². The van der Waals surface area contributed by atoms with E-state index in [1.807, 2.05) is 0 Å². The van der Waals surface area contributed by atoms with Crippen LogP contribution in [0.2, 0.25) is 0 Å². The van der Waals surface area contributed by atoms with Gasteiger partial charge in [0.2, 0.25) is 0 Å². The maximum absolute atomic E-state index is 8.87. The molecule has 2 heteroatoms. The van der Waals surface area contributed by atoms with Crippen molar-refractivity contribution in [2.45, 2.75) is 26.7 Å². The van der Waals surface area contributed by atoms with Crippen molar-refractivity contribution >= 4 is 12.6 Å². The second-order valence-electron chi connectivity index (χ2n) is 2.88. The lowest BCUT2D eigenvalue weighted by Gasteiger charge is -2.23. The molecular formula is C7H16OS. The quantitative estimate of drug-likeness (QED) is 0.582. The first-order chi connectivity index (χ1) is 4.18. The Morgan fingerprint density at radius 3 is 2.22 bits per heavy atom. The zero-order valence-electron chi connectivity index (χ0n) is 6.22. The summed E-state index contributed by atoms with van der Waals surface area (Å²) in [6.07, 6.45) is 2.19. The van der Waals surface area contributed by atoms with E-state index in [9.17, 15) is 0 Å². The fourth-order valence-corrected chi connectivity index (χ4v) is 1.07. The monoisotopic (exact) mass is 148 g/mol. The number of thiol groups is 1. The summed E-state index contributed by atoms with van der Waals surface area (Å²) in [4.78, 5) is 0. The van der Waals surface area contributed by atoms with Crippen molar-refractivity contribution in [2.24, 2.45) is 5.41 Å². The maximum atomic E-state index is 8.87. The summed E-state index contributed by atoms with van der Waals surface area (Å²) in [6, 6.07) is 0. The second-order valence-corrected chi connectivity index (χ2v) is 3.19. The van der Waals surface area contributed by atoms with E-state index in [0.29, 0.717) is 0 Å². The summed E-state index contributed by atoms with van der Waals surface area (Å²) in [5.41, 5.74) is 0.0534. The molecule has 0 aromatic carbocycles. The van der Waals surface area contributed by atoms with Crippen LogP contribution >= 0.6 is 12.6 Å². The normalized spacial score (nSPS) is 17.3. The Kier molecular flexibility index (Phi) is 4.32. The Hall–Kier alpha value is 0.310. The Balaban J connectivity index is 3.62. The third-order valence-electron chi connectivity index (χ3n) is 1.62. The molecule has 0 spiro atoms. The molecule has 0 fully saturated rings. The Bertz CT molecular complexity index is 69.3. The van der Waals surface area contributed by atoms with E-state index >= 15 is 0 Å². The van der Waals surface area contributed by atoms with E-state index in [4.69, 9.17) is 5.11 Å². The van der Waals surface area contributed by atoms with Crippen molar-refractivity contribution in [3.63, 3.8) is 0 Å². The van der Waals surface area contributed by atoms with Crippen LogP contribution in [-0.4, -0.2) is 17.5 Å².